The molecule has 0 amide bonds. The van der Waals surface area contributed by atoms with Gasteiger partial charge in [-0.05, 0) is 18.2 Å². The zero-order valence-electron chi connectivity index (χ0n) is 10.5. The molecule has 0 aliphatic carbocycles. The number of nitro groups is 2. The van der Waals surface area contributed by atoms with Crippen LogP contribution in [0, 0.1) is 20.2 Å². The third-order valence-electron chi connectivity index (χ3n) is 2.97. The number of nitrogens with zero attached hydrogens (tertiary/aromatic N) is 2. The topological polar surface area (TPSA) is 107 Å². The lowest BCUT2D eigenvalue weighted by molar-refractivity contribution is -0.395. The van der Waals surface area contributed by atoms with Crippen molar-refractivity contribution in [3.8, 4) is 5.75 Å². The molecule has 8 heteroatoms. The Balaban J connectivity index is 2.62. The molecule has 7 nitrogen and oxygen atoms in total. The maximum Gasteiger partial charge on any atom is 0.279 e. The minimum atomic E-state index is -0.670. The van der Waals surface area contributed by atoms with Gasteiger partial charge in [0.25, 0.3) is 11.4 Å². The van der Waals surface area contributed by atoms with E-state index in [1.54, 1.807) is 12.1 Å². The summed E-state index contributed by atoms with van der Waals surface area (Å²) in [6.45, 7) is 0. The molecule has 0 fully saturated rings. The zero-order valence-corrected chi connectivity index (χ0v) is 12.1. The minimum Gasteiger partial charge on any atom is -0.508 e. The van der Waals surface area contributed by atoms with Crippen molar-refractivity contribution in [2.75, 3.05) is 0 Å². The molecule has 2 aromatic carbocycles. The fourth-order valence-corrected chi connectivity index (χ4v) is 2.48. The highest BCUT2D eigenvalue weighted by Gasteiger charge is 2.26. The Bertz CT molecular complexity index is 680. The number of halogens is 1. The molecule has 2 aromatic rings. The van der Waals surface area contributed by atoms with Gasteiger partial charge in [-0.15, -0.1) is 0 Å². The first-order valence-corrected chi connectivity index (χ1v) is 6.58. The molecule has 0 spiro atoms. The molecule has 2 rings (SSSR count). The third kappa shape index (κ3) is 3.00. The van der Waals surface area contributed by atoms with Crippen molar-refractivity contribution in [2.24, 2.45) is 0 Å². The summed E-state index contributed by atoms with van der Waals surface area (Å²) in [5.74, 6) is -0.0863. The highest BCUT2D eigenvalue weighted by atomic mass is 79.9. The number of aromatic hydroxyl groups is 1. The van der Waals surface area contributed by atoms with Gasteiger partial charge in [0, 0.05) is 28.6 Å². The lowest BCUT2D eigenvalue weighted by atomic mass is 10.0. The van der Waals surface area contributed by atoms with Crippen LogP contribution in [0.15, 0.2) is 40.9 Å². The molecule has 0 unspecified atom stereocenters. The average Bonchev–Trinajstić information content (AvgIpc) is 2.42. The van der Waals surface area contributed by atoms with E-state index in [9.17, 15) is 25.3 Å². The molecule has 0 aliphatic rings. The molecule has 0 saturated carbocycles. The van der Waals surface area contributed by atoms with Gasteiger partial charge in [0.15, 0.2) is 0 Å². The fourth-order valence-electron chi connectivity index (χ4n) is 1.99. The number of phenolic OH excluding ortho intramolecular Hbond substituents is 1. The molecule has 0 heterocycles. The number of benzene rings is 2. The predicted molar refractivity (Wildman–Crippen MR) is 78.4 cm³/mol. The van der Waals surface area contributed by atoms with Gasteiger partial charge < -0.3 is 5.11 Å². The summed E-state index contributed by atoms with van der Waals surface area (Å²) in [6.07, 6.45) is -0.124. The number of phenols is 1. The quantitative estimate of drug-likeness (QED) is 0.668. The number of hydrogen-bond acceptors (Lipinski definition) is 5. The standard InChI is InChI=1S/C13H9BrN2O5/c14-10-3-1-6-13(17)8(10)7-9-11(15(18)19)4-2-5-12(9)16(20)21/h1-6,17H,7H2. The molecule has 0 saturated heterocycles. The summed E-state index contributed by atoms with van der Waals surface area (Å²) < 4.78 is 0.523. The second-order valence-electron chi connectivity index (χ2n) is 4.20. The van der Waals surface area contributed by atoms with Crippen LogP contribution in [0.4, 0.5) is 11.4 Å². The first-order valence-electron chi connectivity index (χ1n) is 5.79. The summed E-state index contributed by atoms with van der Waals surface area (Å²) >= 11 is 3.23. The van der Waals surface area contributed by atoms with Gasteiger partial charge in [-0.2, -0.15) is 0 Å². The van der Waals surface area contributed by atoms with E-state index in [1.165, 1.54) is 24.3 Å². The smallest absolute Gasteiger partial charge is 0.279 e. The van der Waals surface area contributed by atoms with Crippen molar-refractivity contribution < 1.29 is 15.0 Å². The van der Waals surface area contributed by atoms with Crippen LogP contribution in [0.3, 0.4) is 0 Å². The molecular weight excluding hydrogens is 344 g/mol. The van der Waals surface area contributed by atoms with E-state index >= 15 is 0 Å². The van der Waals surface area contributed by atoms with E-state index in [4.69, 9.17) is 0 Å². The normalized spacial score (nSPS) is 10.3. The van der Waals surface area contributed by atoms with Crippen molar-refractivity contribution >= 4 is 27.3 Å². The largest absolute Gasteiger partial charge is 0.508 e. The van der Waals surface area contributed by atoms with Gasteiger partial charge >= 0.3 is 0 Å². The molecule has 0 aliphatic heterocycles. The van der Waals surface area contributed by atoms with Gasteiger partial charge in [-0.1, -0.05) is 22.0 Å². The Morgan fingerprint density at radius 1 is 0.952 bits per heavy atom. The van der Waals surface area contributed by atoms with E-state index in [0.29, 0.717) is 10.0 Å². The van der Waals surface area contributed by atoms with Crippen LogP contribution in [-0.4, -0.2) is 15.0 Å². The summed E-state index contributed by atoms with van der Waals surface area (Å²) in [4.78, 5) is 20.8. The van der Waals surface area contributed by atoms with Crippen LogP contribution in [0.2, 0.25) is 0 Å². The van der Waals surface area contributed by atoms with E-state index in [2.05, 4.69) is 15.9 Å². The van der Waals surface area contributed by atoms with E-state index in [-0.39, 0.29) is 29.1 Å². The van der Waals surface area contributed by atoms with Crippen LogP contribution in [0.25, 0.3) is 0 Å². The SMILES string of the molecule is O=[N+]([O-])c1cccc([N+](=O)[O-])c1Cc1c(O)cccc1Br. The maximum atomic E-state index is 11.1. The Labute approximate surface area is 127 Å². The van der Waals surface area contributed by atoms with E-state index in [0.717, 1.165) is 0 Å². The highest BCUT2D eigenvalue weighted by molar-refractivity contribution is 9.10. The van der Waals surface area contributed by atoms with Gasteiger partial charge in [0.05, 0.1) is 9.85 Å². The Morgan fingerprint density at radius 3 is 1.95 bits per heavy atom. The molecule has 0 radical (unpaired) electrons. The number of rotatable bonds is 4. The molecule has 21 heavy (non-hydrogen) atoms. The van der Waals surface area contributed by atoms with E-state index in [1.807, 2.05) is 0 Å². The molecule has 0 bridgehead atoms. The van der Waals surface area contributed by atoms with Crippen LogP contribution in [0.5, 0.6) is 5.75 Å². The van der Waals surface area contributed by atoms with Crippen LogP contribution in [0.1, 0.15) is 11.1 Å². The average molecular weight is 353 g/mol. The van der Waals surface area contributed by atoms with Gasteiger partial charge in [0.1, 0.15) is 11.3 Å². The van der Waals surface area contributed by atoms with Gasteiger partial charge in [-0.25, -0.2) is 0 Å². The Hall–Kier alpha value is -2.48. The maximum absolute atomic E-state index is 11.1. The summed E-state index contributed by atoms with van der Waals surface area (Å²) in [7, 11) is 0. The summed E-state index contributed by atoms with van der Waals surface area (Å²) in [6, 6.07) is 8.33. The first-order chi connectivity index (χ1) is 9.91. The summed E-state index contributed by atoms with van der Waals surface area (Å²) in [5, 5.41) is 32.0. The highest BCUT2D eigenvalue weighted by Crippen LogP contribution is 2.35. The van der Waals surface area contributed by atoms with Crippen molar-refractivity contribution in [2.45, 2.75) is 6.42 Å². The number of hydrogen-bond donors (Lipinski definition) is 1. The van der Waals surface area contributed by atoms with E-state index < -0.39 is 9.85 Å². The van der Waals surface area contributed by atoms with Crippen molar-refractivity contribution in [3.63, 3.8) is 0 Å². The lowest BCUT2D eigenvalue weighted by Crippen LogP contribution is -2.02. The van der Waals surface area contributed by atoms with Crippen molar-refractivity contribution in [1.29, 1.82) is 0 Å². The summed E-state index contributed by atoms with van der Waals surface area (Å²) in [5.41, 5.74) is -0.386. The third-order valence-corrected chi connectivity index (χ3v) is 3.71. The second-order valence-corrected chi connectivity index (χ2v) is 5.06. The van der Waals surface area contributed by atoms with Crippen molar-refractivity contribution in [1.82, 2.24) is 0 Å². The molecule has 1 N–H and O–H groups in total. The minimum absolute atomic E-state index is 0.0466. The monoisotopic (exact) mass is 352 g/mol. The molecule has 0 atom stereocenters. The molecule has 0 aromatic heterocycles. The Morgan fingerprint density at radius 2 is 1.48 bits per heavy atom. The van der Waals surface area contributed by atoms with Crippen LogP contribution >= 0.6 is 15.9 Å². The second kappa shape index (κ2) is 5.88. The van der Waals surface area contributed by atoms with Gasteiger partial charge in [0.2, 0.25) is 0 Å². The number of nitro benzene ring substituents is 2. The molecular formula is C13H9BrN2O5. The predicted octanol–water partition coefficient (Wildman–Crippen LogP) is 3.56. The van der Waals surface area contributed by atoms with Crippen molar-refractivity contribution in [3.05, 3.63) is 72.2 Å². The fraction of sp³-hybridized carbons (Fsp3) is 0.0769. The zero-order chi connectivity index (χ0) is 15.6. The van der Waals surface area contributed by atoms with Crippen LogP contribution in [-0.2, 0) is 6.42 Å². The van der Waals surface area contributed by atoms with Gasteiger partial charge in [-0.3, -0.25) is 20.2 Å². The molecule has 108 valence electrons. The first kappa shape index (κ1) is 14.9. The lowest BCUT2D eigenvalue weighted by Gasteiger charge is -2.08. The Kier molecular flexibility index (Phi) is 4.18. The van der Waals surface area contributed by atoms with Crippen LogP contribution < -0.4 is 0 Å².